The van der Waals surface area contributed by atoms with E-state index in [4.69, 9.17) is 0 Å². The Bertz CT molecular complexity index is 407. The number of rotatable bonds is 5. The van der Waals surface area contributed by atoms with Crippen LogP contribution in [0.2, 0.25) is 0 Å². The third-order valence-corrected chi connectivity index (χ3v) is 4.09. The van der Waals surface area contributed by atoms with Gasteiger partial charge in [-0.15, -0.1) is 0 Å². The number of nitrogens with zero attached hydrogens (tertiary/aromatic N) is 3. The third kappa shape index (κ3) is 3.58. The molecular weight excluding hydrogens is 238 g/mol. The minimum Gasteiger partial charge on any atom is -0.343 e. The van der Waals surface area contributed by atoms with Crippen LogP contribution in [0.1, 0.15) is 57.8 Å². The van der Waals surface area contributed by atoms with Crippen molar-refractivity contribution in [3.05, 3.63) is 18.2 Å². The average Bonchev–Trinajstić information content (AvgIpc) is 2.93. The average molecular weight is 263 g/mol. The van der Waals surface area contributed by atoms with Crippen molar-refractivity contribution in [2.24, 2.45) is 0 Å². The van der Waals surface area contributed by atoms with Gasteiger partial charge in [0.1, 0.15) is 5.82 Å². The molecule has 0 aromatic carbocycles. The van der Waals surface area contributed by atoms with Crippen molar-refractivity contribution in [2.75, 3.05) is 13.1 Å². The van der Waals surface area contributed by atoms with E-state index in [9.17, 15) is 4.79 Å². The van der Waals surface area contributed by atoms with Crippen LogP contribution in [0, 0.1) is 0 Å². The maximum absolute atomic E-state index is 12.1. The molecular formula is C15H25N3O. The zero-order valence-corrected chi connectivity index (χ0v) is 12.1. The largest absolute Gasteiger partial charge is 0.343 e. The van der Waals surface area contributed by atoms with Crippen LogP contribution >= 0.6 is 0 Å². The topological polar surface area (TPSA) is 38.1 Å². The fraction of sp³-hybridized carbons (Fsp3) is 0.733. The van der Waals surface area contributed by atoms with E-state index in [0.29, 0.717) is 18.4 Å². The van der Waals surface area contributed by atoms with Crippen LogP contribution in [-0.2, 0) is 11.2 Å². The van der Waals surface area contributed by atoms with Gasteiger partial charge in [-0.05, 0) is 32.6 Å². The van der Waals surface area contributed by atoms with E-state index in [1.807, 2.05) is 17.3 Å². The zero-order valence-electron chi connectivity index (χ0n) is 12.1. The maximum Gasteiger partial charge on any atom is 0.223 e. The van der Waals surface area contributed by atoms with Gasteiger partial charge in [0.2, 0.25) is 5.91 Å². The molecule has 1 aromatic rings. The van der Waals surface area contributed by atoms with Gasteiger partial charge in [-0.2, -0.15) is 0 Å². The standard InChI is InChI=1S/C15H25N3O/c1-3-13(2)18-12-9-16-14(18)7-8-15(19)17-10-5-4-6-11-17/h9,12-13H,3-8,10-11H2,1-2H3. The number of aromatic nitrogens is 2. The first-order valence-electron chi connectivity index (χ1n) is 7.52. The van der Waals surface area contributed by atoms with Gasteiger partial charge in [-0.1, -0.05) is 6.92 Å². The lowest BCUT2D eigenvalue weighted by molar-refractivity contribution is -0.132. The summed E-state index contributed by atoms with van der Waals surface area (Å²) in [6.07, 6.45) is 9.88. The van der Waals surface area contributed by atoms with E-state index in [1.165, 1.54) is 6.42 Å². The highest BCUT2D eigenvalue weighted by molar-refractivity contribution is 5.76. The molecule has 0 saturated carbocycles. The Hall–Kier alpha value is -1.32. The molecule has 0 aliphatic carbocycles. The fourth-order valence-electron chi connectivity index (χ4n) is 2.66. The Labute approximate surface area is 115 Å². The van der Waals surface area contributed by atoms with Crippen LogP contribution in [0.4, 0.5) is 0 Å². The minimum atomic E-state index is 0.290. The normalized spacial score (nSPS) is 17.5. The van der Waals surface area contributed by atoms with Gasteiger partial charge < -0.3 is 9.47 Å². The van der Waals surface area contributed by atoms with Gasteiger partial charge >= 0.3 is 0 Å². The second-order valence-corrected chi connectivity index (χ2v) is 5.45. The molecule has 0 N–H and O–H groups in total. The molecule has 1 aliphatic rings. The third-order valence-electron chi connectivity index (χ3n) is 4.09. The monoisotopic (exact) mass is 263 g/mol. The molecule has 1 saturated heterocycles. The van der Waals surface area contributed by atoms with E-state index in [1.54, 1.807) is 0 Å². The second kappa shape index (κ2) is 6.73. The first kappa shape index (κ1) is 14.1. The number of hydrogen-bond acceptors (Lipinski definition) is 2. The number of aryl methyl sites for hydroxylation is 1. The SMILES string of the molecule is CCC(C)n1ccnc1CCC(=O)N1CCCCC1. The number of hydrogen-bond donors (Lipinski definition) is 0. The summed E-state index contributed by atoms with van der Waals surface area (Å²) < 4.78 is 2.20. The highest BCUT2D eigenvalue weighted by Gasteiger charge is 2.17. The van der Waals surface area contributed by atoms with E-state index in [0.717, 1.165) is 44.6 Å². The summed E-state index contributed by atoms with van der Waals surface area (Å²) >= 11 is 0. The van der Waals surface area contributed by atoms with Crippen LogP contribution in [0.25, 0.3) is 0 Å². The number of carbonyl (C=O) groups is 1. The first-order valence-corrected chi connectivity index (χ1v) is 7.52. The van der Waals surface area contributed by atoms with E-state index in [-0.39, 0.29) is 0 Å². The van der Waals surface area contributed by atoms with Crippen LogP contribution in [-0.4, -0.2) is 33.4 Å². The van der Waals surface area contributed by atoms with Gasteiger partial charge in [0, 0.05) is 44.4 Å². The molecule has 19 heavy (non-hydrogen) atoms. The predicted octanol–water partition coefficient (Wildman–Crippen LogP) is 2.80. The summed E-state index contributed by atoms with van der Waals surface area (Å²) in [5, 5.41) is 0. The summed E-state index contributed by atoms with van der Waals surface area (Å²) in [5.41, 5.74) is 0. The molecule has 4 nitrogen and oxygen atoms in total. The summed E-state index contributed by atoms with van der Waals surface area (Å²) in [6, 6.07) is 0.461. The molecule has 4 heteroatoms. The van der Waals surface area contributed by atoms with Gasteiger partial charge in [0.05, 0.1) is 0 Å². The number of imidazole rings is 1. The van der Waals surface area contributed by atoms with Crippen LogP contribution in [0.5, 0.6) is 0 Å². The molecule has 106 valence electrons. The maximum atomic E-state index is 12.1. The Morgan fingerprint density at radius 2 is 2.11 bits per heavy atom. The molecule has 1 fully saturated rings. The Kier molecular flexibility index (Phi) is 5.00. The lowest BCUT2D eigenvalue weighted by Gasteiger charge is -2.26. The summed E-state index contributed by atoms with van der Waals surface area (Å²) in [4.78, 5) is 18.5. The second-order valence-electron chi connectivity index (χ2n) is 5.45. The Morgan fingerprint density at radius 1 is 1.37 bits per heavy atom. The number of carbonyl (C=O) groups excluding carboxylic acids is 1. The number of likely N-dealkylation sites (tertiary alicyclic amines) is 1. The smallest absolute Gasteiger partial charge is 0.223 e. The van der Waals surface area contributed by atoms with Crippen molar-refractivity contribution < 1.29 is 4.79 Å². The molecule has 1 aliphatic heterocycles. The van der Waals surface area contributed by atoms with Crippen molar-refractivity contribution in [3.63, 3.8) is 0 Å². The van der Waals surface area contributed by atoms with Crippen molar-refractivity contribution in [1.82, 2.24) is 14.5 Å². The van der Waals surface area contributed by atoms with Crippen molar-refractivity contribution in [1.29, 1.82) is 0 Å². The molecule has 1 unspecified atom stereocenters. The quantitative estimate of drug-likeness (QED) is 0.819. The predicted molar refractivity (Wildman–Crippen MR) is 76.0 cm³/mol. The molecule has 0 radical (unpaired) electrons. The summed E-state index contributed by atoms with van der Waals surface area (Å²) in [6.45, 7) is 6.25. The Morgan fingerprint density at radius 3 is 2.79 bits per heavy atom. The van der Waals surface area contributed by atoms with Crippen LogP contribution in [0.3, 0.4) is 0 Å². The molecule has 0 spiro atoms. The van der Waals surface area contributed by atoms with Crippen molar-refractivity contribution in [3.8, 4) is 0 Å². The first-order chi connectivity index (χ1) is 9.22. The van der Waals surface area contributed by atoms with E-state index >= 15 is 0 Å². The lowest BCUT2D eigenvalue weighted by atomic mass is 10.1. The summed E-state index contributed by atoms with van der Waals surface area (Å²) in [5.74, 6) is 1.33. The molecule has 1 amide bonds. The van der Waals surface area contributed by atoms with Gasteiger partial charge in [-0.3, -0.25) is 4.79 Å². The van der Waals surface area contributed by atoms with Gasteiger partial charge in [0.25, 0.3) is 0 Å². The lowest BCUT2D eigenvalue weighted by Crippen LogP contribution is -2.35. The highest BCUT2D eigenvalue weighted by atomic mass is 16.2. The highest BCUT2D eigenvalue weighted by Crippen LogP contribution is 2.15. The van der Waals surface area contributed by atoms with Gasteiger partial charge in [0.15, 0.2) is 0 Å². The zero-order chi connectivity index (χ0) is 13.7. The van der Waals surface area contributed by atoms with Crippen LogP contribution in [0.15, 0.2) is 12.4 Å². The molecule has 1 atom stereocenters. The van der Waals surface area contributed by atoms with Crippen molar-refractivity contribution >= 4 is 5.91 Å². The minimum absolute atomic E-state index is 0.290. The van der Waals surface area contributed by atoms with Crippen molar-refractivity contribution in [2.45, 2.75) is 58.4 Å². The van der Waals surface area contributed by atoms with Gasteiger partial charge in [-0.25, -0.2) is 4.98 Å². The Balaban J connectivity index is 1.88. The van der Waals surface area contributed by atoms with E-state index in [2.05, 4.69) is 23.4 Å². The molecule has 1 aromatic heterocycles. The summed E-state index contributed by atoms with van der Waals surface area (Å²) in [7, 11) is 0. The van der Waals surface area contributed by atoms with Crippen LogP contribution < -0.4 is 0 Å². The molecule has 0 bridgehead atoms. The molecule has 2 heterocycles. The number of piperidine rings is 1. The molecule has 2 rings (SSSR count). The van der Waals surface area contributed by atoms with E-state index < -0.39 is 0 Å². The number of amides is 1. The fourth-order valence-corrected chi connectivity index (χ4v) is 2.66.